The van der Waals surface area contributed by atoms with Gasteiger partial charge in [-0.15, -0.1) is 0 Å². The molecule has 0 N–H and O–H groups in total. The maximum Gasteiger partial charge on any atom is 0.337 e. The molecule has 2 aliphatic rings. The number of benzene rings is 1. The third-order valence-corrected chi connectivity index (χ3v) is 6.21. The topological polar surface area (TPSA) is 40.6 Å². The molecule has 0 aromatic heterocycles. The number of carbonyl (C=O) groups is 1. The molecule has 1 aromatic rings. The van der Waals surface area contributed by atoms with Gasteiger partial charge in [-0.05, 0) is 24.1 Å². The molecule has 0 bridgehead atoms. The second-order valence-corrected chi connectivity index (χ2v) is 8.14. The Morgan fingerprint density at radius 2 is 2.11 bits per heavy atom. The van der Waals surface area contributed by atoms with Gasteiger partial charge < -0.3 is 0 Å². The summed E-state index contributed by atoms with van der Waals surface area (Å²) in [5.74, 6) is -0.325. The van der Waals surface area contributed by atoms with E-state index in [0.717, 1.165) is 0 Å². The van der Waals surface area contributed by atoms with Crippen LogP contribution >= 0.6 is 11.6 Å². The molecule has 3 rings (SSSR count). The summed E-state index contributed by atoms with van der Waals surface area (Å²) >= 11 is 6.20. The Labute approximate surface area is 171 Å². The first-order valence-corrected chi connectivity index (χ1v) is 10.2. The molecule has 1 aliphatic heterocycles. The molecule has 0 saturated carbocycles. The minimum absolute atomic E-state index is 0.0281. The molecule has 2 amide bonds. The zero-order valence-corrected chi connectivity index (χ0v) is 16.8. The smallest absolute Gasteiger partial charge is 0.288 e. The zero-order chi connectivity index (χ0) is 20.3. The van der Waals surface area contributed by atoms with Crippen LogP contribution in [0.1, 0.15) is 12.8 Å². The van der Waals surface area contributed by atoms with Crippen LogP contribution in [0.3, 0.4) is 0 Å². The normalized spacial score (nSPS) is 19.7. The van der Waals surface area contributed by atoms with Crippen molar-refractivity contribution in [3.8, 4) is 0 Å². The van der Waals surface area contributed by atoms with E-state index in [1.165, 1.54) is 9.21 Å². The summed E-state index contributed by atoms with van der Waals surface area (Å²) in [6, 6.07) is 6.42. The number of urea groups is 1. The van der Waals surface area contributed by atoms with Crippen molar-refractivity contribution in [1.82, 2.24) is 4.31 Å². The first kappa shape index (κ1) is 20.3. The Bertz CT molecular complexity index is 951. The van der Waals surface area contributed by atoms with Gasteiger partial charge in [-0.1, -0.05) is 61.2 Å². The highest BCUT2D eigenvalue weighted by molar-refractivity contribution is 7.83. The van der Waals surface area contributed by atoms with E-state index >= 15 is 0 Å². The Morgan fingerprint density at radius 3 is 2.82 bits per heavy atom. The highest BCUT2D eigenvalue weighted by atomic mass is 35.5. The van der Waals surface area contributed by atoms with Crippen molar-refractivity contribution >= 4 is 34.3 Å². The quantitative estimate of drug-likeness (QED) is 0.581. The molecule has 1 aromatic carbocycles. The van der Waals surface area contributed by atoms with Gasteiger partial charge >= 0.3 is 6.03 Å². The van der Waals surface area contributed by atoms with E-state index in [1.807, 2.05) is 0 Å². The van der Waals surface area contributed by atoms with Crippen LogP contribution in [0.5, 0.6) is 0 Å². The van der Waals surface area contributed by atoms with Gasteiger partial charge in [-0.2, -0.15) is 0 Å². The molecule has 1 aliphatic carbocycles. The van der Waals surface area contributed by atoms with E-state index in [9.17, 15) is 13.4 Å². The number of nitrogens with zero attached hydrogens (tertiary/aromatic N) is 2. The van der Waals surface area contributed by atoms with Crippen molar-refractivity contribution in [1.29, 1.82) is 0 Å². The van der Waals surface area contributed by atoms with Crippen LogP contribution in [-0.2, 0) is 11.0 Å². The fourth-order valence-corrected chi connectivity index (χ4v) is 4.61. The number of anilines is 1. The SMILES string of the molecule is C=C/C=C\C(=C)CN1C(=O)N(CC2=C(F)CCC=C2Cl)c2ccccc2S1=O. The Morgan fingerprint density at radius 1 is 1.36 bits per heavy atom. The van der Waals surface area contributed by atoms with Gasteiger partial charge in [0, 0.05) is 17.0 Å². The lowest BCUT2D eigenvalue weighted by atomic mass is 10.0. The molecular formula is C21H20ClFN2O2S. The van der Waals surface area contributed by atoms with Crippen molar-refractivity contribution < 1.29 is 13.4 Å². The van der Waals surface area contributed by atoms with Gasteiger partial charge in [0.1, 0.15) is 5.83 Å². The van der Waals surface area contributed by atoms with Gasteiger partial charge in [0.05, 0.1) is 23.7 Å². The lowest BCUT2D eigenvalue weighted by Crippen LogP contribution is -2.49. The molecule has 1 heterocycles. The summed E-state index contributed by atoms with van der Waals surface area (Å²) in [6.45, 7) is 7.54. The molecule has 0 spiro atoms. The van der Waals surface area contributed by atoms with Crippen molar-refractivity contribution in [2.75, 3.05) is 18.0 Å². The van der Waals surface area contributed by atoms with Crippen LogP contribution in [0, 0.1) is 0 Å². The molecule has 0 fully saturated rings. The summed E-state index contributed by atoms with van der Waals surface area (Å²) in [7, 11) is -1.69. The van der Waals surface area contributed by atoms with Crippen molar-refractivity contribution in [3.63, 3.8) is 0 Å². The summed E-state index contributed by atoms with van der Waals surface area (Å²) in [5, 5.41) is 0.311. The van der Waals surface area contributed by atoms with Crippen LogP contribution < -0.4 is 4.90 Å². The fourth-order valence-electron chi connectivity index (χ4n) is 3.02. The molecule has 0 saturated heterocycles. The molecule has 1 atom stereocenters. The molecule has 28 heavy (non-hydrogen) atoms. The lowest BCUT2D eigenvalue weighted by Gasteiger charge is -2.36. The van der Waals surface area contributed by atoms with Gasteiger partial charge in [-0.25, -0.2) is 17.7 Å². The molecule has 4 nitrogen and oxygen atoms in total. The minimum Gasteiger partial charge on any atom is -0.288 e. The maximum atomic E-state index is 14.4. The Balaban J connectivity index is 1.98. The maximum absolute atomic E-state index is 14.4. The first-order valence-electron chi connectivity index (χ1n) is 8.74. The van der Waals surface area contributed by atoms with Gasteiger partial charge in [0.25, 0.3) is 0 Å². The Kier molecular flexibility index (Phi) is 6.31. The summed E-state index contributed by atoms with van der Waals surface area (Å²) < 4.78 is 28.6. The second kappa shape index (κ2) is 8.71. The molecule has 0 radical (unpaired) electrons. The zero-order valence-electron chi connectivity index (χ0n) is 15.2. The van der Waals surface area contributed by atoms with Crippen LogP contribution in [0.4, 0.5) is 14.9 Å². The molecule has 7 heteroatoms. The van der Waals surface area contributed by atoms with E-state index in [-0.39, 0.29) is 30.9 Å². The standard InChI is InChI=1S/C21H20ClFN2O2S/c1-3-4-8-15(2)13-25-21(26)24(14-16-17(22)9-7-10-18(16)23)19-11-5-6-12-20(19)28(25)27/h3-6,8-9,11-12H,1-2,7,10,13-14H2/b8-4-. The number of para-hydroxylation sites is 1. The minimum atomic E-state index is -1.69. The lowest BCUT2D eigenvalue weighted by molar-refractivity contribution is 0.232. The van der Waals surface area contributed by atoms with Crippen LogP contribution in [0.25, 0.3) is 0 Å². The van der Waals surface area contributed by atoms with Crippen LogP contribution in [0.2, 0.25) is 0 Å². The average molecular weight is 419 g/mol. The van der Waals surface area contributed by atoms with E-state index < -0.39 is 17.0 Å². The predicted molar refractivity (Wildman–Crippen MR) is 112 cm³/mol. The summed E-state index contributed by atoms with van der Waals surface area (Å²) in [4.78, 5) is 15.1. The molecule has 146 valence electrons. The number of hydrogen-bond acceptors (Lipinski definition) is 2. The van der Waals surface area contributed by atoms with Gasteiger partial charge in [0.15, 0.2) is 11.0 Å². The van der Waals surface area contributed by atoms with Gasteiger partial charge in [-0.3, -0.25) is 4.90 Å². The van der Waals surface area contributed by atoms with Crippen molar-refractivity contribution in [2.45, 2.75) is 17.7 Å². The molecular weight excluding hydrogens is 399 g/mol. The number of hydrogen-bond donors (Lipinski definition) is 0. The highest BCUT2D eigenvalue weighted by Crippen LogP contribution is 2.36. The van der Waals surface area contributed by atoms with Crippen molar-refractivity contribution in [2.24, 2.45) is 0 Å². The first-order chi connectivity index (χ1) is 13.4. The number of halogens is 2. The average Bonchev–Trinajstić information content (AvgIpc) is 2.68. The number of carbonyl (C=O) groups excluding carboxylic acids is 1. The van der Waals surface area contributed by atoms with Gasteiger partial charge in [0.2, 0.25) is 0 Å². The highest BCUT2D eigenvalue weighted by Gasteiger charge is 2.37. The third-order valence-electron chi connectivity index (χ3n) is 4.42. The predicted octanol–water partition coefficient (Wildman–Crippen LogP) is 5.39. The number of fused-ring (bicyclic) bond motifs is 1. The molecule has 1 unspecified atom stereocenters. The third kappa shape index (κ3) is 4.03. The van der Waals surface area contributed by atoms with E-state index in [2.05, 4.69) is 13.2 Å². The Hall–Kier alpha value is -2.44. The number of rotatable bonds is 6. The van der Waals surface area contributed by atoms with Crippen molar-refractivity contribution in [3.05, 3.63) is 83.7 Å². The van der Waals surface area contributed by atoms with E-state index in [1.54, 1.807) is 48.6 Å². The largest absolute Gasteiger partial charge is 0.337 e. The summed E-state index contributed by atoms with van der Waals surface area (Å²) in [6.07, 6.45) is 7.52. The summed E-state index contributed by atoms with van der Waals surface area (Å²) in [5.41, 5.74) is 1.38. The van der Waals surface area contributed by atoms with E-state index in [0.29, 0.717) is 27.6 Å². The van der Waals surface area contributed by atoms with Crippen LogP contribution in [-0.4, -0.2) is 27.6 Å². The second-order valence-electron chi connectivity index (χ2n) is 6.35. The fraction of sp³-hybridized carbons (Fsp3) is 0.190. The van der Waals surface area contributed by atoms with E-state index in [4.69, 9.17) is 11.6 Å². The van der Waals surface area contributed by atoms with Crippen LogP contribution in [0.15, 0.2) is 88.6 Å². The monoisotopic (exact) mass is 418 g/mol. The number of amides is 2. The number of allylic oxidation sites excluding steroid dienone is 4.